The molecule has 0 atom stereocenters. The molecule has 0 spiro atoms. The number of amides is 1. The van der Waals surface area contributed by atoms with E-state index in [4.69, 9.17) is 13.9 Å². The Morgan fingerprint density at radius 3 is 2.50 bits per heavy atom. The summed E-state index contributed by atoms with van der Waals surface area (Å²) in [4.78, 5) is 18.4. The van der Waals surface area contributed by atoms with E-state index in [9.17, 15) is 4.79 Å². The second kappa shape index (κ2) is 8.12. The smallest absolute Gasteiger partial charge is 0.253 e. The summed E-state index contributed by atoms with van der Waals surface area (Å²) in [5, 5.41) is 0. The van der Waals surface area contributed by atoms with Crippen molar-refractivity contribution in [2.24, 2.45) is 0 Å². The molecule has 0 bridgehead atoms. The highest BCUT2D eigenvalue weighted by molar-refractivity contribution is 5.94. The van der Waals surface area contributed by atoms with Crippen molar-refractivity contribution in [3.8, 4) is 11.1 Å². The van der Waals surface area contributed by atoms with E-state index < -0.39 is 0 Å². The molecule has 136 valence electrons. The van der Waals surface area contributed by atoms with E-state index in [-0.39, 0.29) is 5.91 Å². The van der Waals surface area contributed by atoms with E-state index in [1.807, 2.05) is 42.5 Å². The van der Waals surface area contributed by atoms with Gasteiger partial charge in [0.15, 0.2) is 5.58 Å². The van der Waals surface area contributed by atoms with Gasteiger partial charge in [-0.2, -0.15) is 0 Å². The minimum atomic E-state index is -0.0234. The number of oxazole rings is 1. The van der Waals surface area contributed by atoms with Crippen molar-refractivity contribution in [1.82, 2.24) is 9.88 Å². The second-order valence-electron chi connectivity index (χ2n) is 6.02. The number of nitrogens with zero attached hydrogens (tertiary/aromatic N) is 2. The molecule has 6 heteroatoms. The summed E-state index contributed by atoms with van der Waals surface area (Å²) in [5.74, 6) is 0.532. The number of carbonyl (C=O) groups is 1. The van der Waals surface area contributed by atoms with Gasteiger partial charge in [0.05, 0.1) is 6.61 Å². The summed E-state index contributed by atoms with van der Waals surface area (Å²) < 4.78 is 15.7. The molecule has 3 aromatic rings. The fraction of sp³-hybridized carbons (Fsp3) is 0.300. The summed E-state index contributed by atoms with van der Waals surface area (Å²) in [6.07, 6.45) is 0. The first-order valence-electron chi connectivity index (χ1n) is 8.35. The Morgan fingerprint density at radius 2 is 1.81 bits per heavy atom. The minimum Gasteiger partial charge on any atom is -0.438 e. The maximum atomic E-state index is 12.4. The number of carbonyl (C=O) groups excluding carboxylic acids is 1. The summed E-state index contributed by atoms with van der Waals surface area (Å²) in [5.41, 5.74) is 4.19. The molecule has 1 heterocycles. The van der Waals surface area contributed by atoms with Gasteiger partial charge < -0.3 is 18.8 Å². The number of benzene rings is 2. The van der Waals surface area contributed by atoms with Gasteiger partial charge in [-0.15, -0.1) is 0 Å². The molecular weight excluding hydrogens is 332 g/mol. The highest BCUT2D eigenvalue weighted by atomic mass is 16.5. The molecule has 0 aliphatic heterocycles. The van der Waals surface area contributed by atoms with Gasteiger partial charge in [0.1, 0.15) is 12.1 Å². The first kappa shape index (κ1) is 18.1. The molecule has 0 N–H and O–H groups in total. The van der Waals surface area contributed by atoms with Crippen LogP contribution in [0.4, 0.5) is 0 Å². The van der Waals surface area contributed by atoms with Gasteiger partial charge in [-0.25, -0.2) is 4.98 Å². The van der Waals surface area contributed by atoms with Crippen LogP contribution in [0.5, 0.6) is 0 Å². The monoisotopic (exact) mass is 354 g/mol. The van der Waals surface area contributed by atoms with Gasteiger partial charge >= 0.3 is 0 Å². The molecule has 0 saturated heterocycles. The van der Waals surface area contributed by atoms with Crippen LogP contribution >= 0.6 is 0 Å². The van der Waals surface area contributed by atoms with Crippen molar-refractivity contribution in [1.29, 1.82) is 0 Å². The molecule has 2 aromatic carbocycles. The quantitative estimate of drug-likeness (QED) is 0.651. The number of fused-ring (bicyclic) bond motifs is 1. The molecule has 3 rings (SSSR count). The predicted molar refractivity (Wildman–Crippen MR) is 99.0 cm³/mol. The lowest BCUT2D eigenvalue weighted by Gasteiger charge is -2.16. The van der Waals surface area contributed by atoms with Gasteiger partial charge in [0, 0.05) is 33.4 Å². The lowest BCUT2D eigenvalue weighted by Crippen LogP contribution is -2.29. The first-order valence-corrected chi connectivity index (χ1v) is 8.35. The van der Waals surface area contributed by atoms with E-state index in [0.717, 1.165) is 22.2 Å². The zero-order chi connectivity index (χ0) is 18.5. The van der Waals surface area contributed by atoms with Crippen molar-refractivity contribution < 1.29 is 18.7 Å². The van der Waals surface area contributed by atoms with Crippen LogP contribution in [0.25, 0.3) is 22.2 Å². The van der Waals surface area contributed by atoms with Gasteiger partial charge in [-0.05, 0) is 35.4 Å². The van der Waals surface area contributed by atoms with Crippen LogP contribution in [-0.2, 0) is 16.1 Å². The Hall–Kier alpha value is -2.70. The molecule has 6 nitrogen and oxygen atoms in total. The normalized spacial score (nSPS) is 11.0. The fourth-order valence-corrected chi connectivity index (χ4v) is 2.70. The van der Waals surface area contributed by atoms with Gasteiger partial charge in [-0.3, -0.25) is 4.79 Å². The van der Waals surface area contributed by atoms with E-state index >= 15 is 0 Å². The Kier molecular flexibility index (Phi) is 5.65. The fourth-order valence-electron chi connectivity index (χ4n) is 2.70. The molecule has 1 aromatic heterocycles. The average molecular weight is 354 g/mol. The average Bonchev–Trinajstić information content (AvgIpc) is 3.07. The van der Waals surface area contributed by atoms with Gasteiger partial charge in [0.25, 0.3) is 5.91 Å². The van der Waals surface area contributed by atoms with Crippen LogP contribution in [0.15, 0.2) is 46.9 Å². The van der Waals surface area contributed by atoms with Crippen LogP contribution in [-0.4, -0.2) is 50.2 Å². The van der Waals surface area contributed by atoms with Crippen molar-refractivity contribution in [3.63, 3.8) is 0 Å². The standard InChI is InChI=1S/C20H22N2O4/c1-22(10-11-24-2)20(23)15-6-4-14(5-7-15)16-8-9-18-17(12-16)21-19(26-18)13-25-3/h4-9,12H,10-11,13H2,1-3H3. The van der Waals surface area contributed by atoms with Gasteiger partial charge in [0.2, 0.25) is 5.89 Å². The third-order valence-corrected chi connectivity index (χ3v) is 4.14. The predicted octanol–water partition coefficient (Wildman–Crippen LogP) is 3.36. The third kappa shape index (κ3) is 3.92. The number of hydrogen-bond donors (Lipinski definition) is 0. The summed E-state index contributed by atoms with van der Waals surface area (Å²) in [6.45, 7) is 1.42. The number of ether oxygens (including phenoxy) is 2. The molecule has 0 radical (unpaired) electrons. The topological polar surface area (TPSA) is 64.8 Å². The maximum Gasteiger partial charge on any atom is 0.253 e. The van der Waals surface area contributed by atoms with E-state index in [2.05, 4.69) is 4.98 Å². The number of aromatic nitrogens is 1. The maximum absolute atomic E-state index is 12.4. The molecule has 0 aliphatic carbocycles. The molecule has 1 amide bonds. The number of likely N-dealkylation sites (N-methyl/N-ethyl adjacent to an activating group) is 1. The lowest BCUT2D eigenvalue weighted by atomic mass is 10.0. The minimum absolute atomic E-state index is 0.0234. The van der Waals surface area contributed by atoms with E-state index in [0.29, 0.717) is 31.2 Å². The lowest BCUT2D eigenvalue weighted by molar-refractivity contribution is 0.0744. The van der Waals surface area contributed by atoms with Crippen LogP contribution in [0.3, 0.4) is 0 Å². The van der Waals surface area contributed by atoms with Crippen LogP contribution < -0.4 is 0 Å². The highest BCUT2D eigenvalue weighted by Crippen LogP contribution is 2.25. The van der Waals surface area contributed by atoms with Gasteiger partial charge in [-0.1, -0.05) is 18.2 Å². The van der Waals surface area contributed by atoms with Crippen molar-refractivity contribution in [2.45, 2.75) is 6.61 Å². The van der Waals surface area contributed by atoms with Crippen molar-refractivity contribution in [3.05, 3.63) is 53.9 Å². The largest absolute Gasteiger partial charge is 0.438 e. The Balaban J connectivity index is 1.79. The number of hydrogen-bond acceptors (Lipinski definition) is 5. The molecular formula is C20H22N2O4. The molecule has 0 fully saturated rings. The van der Waals surface area contributed by atoms with Crippen LogP contribution in [0.2, 0.25) is 0 Å². The van der Waals surface area contributed by atoms with Crippen LogP contribution in [0, 0.1) is 0 Å². The zero-order valence-corrected chi connectivity index (χ0v) is 15.2. The van der Waals surface area contributed by atoms with Crippen LogP contribution in [0.1, 0.15) is 16.2 Å². The second-order valence-corrected chi connectivity index (χ2v) is 6.02. The Bertz CT molecular complexity index is 886. The Morgan fingerprint density at radius 1 is 1.08 bits per heavy atom. The molecule has 26 heavy (non-hydrogen) atoms. The third-order valence-electron chi connectivity index (χ3n) is 4.14. The number of rotatable bonds is 7. The van der Waals surface area contributed by atoms with Crippen molar-refractivity contribution in [2.75, 3.05) is 34.4 Å². The number of methoxy groups -OCH3 is 2. The SMILES string of the molecule is COCCN(C)C(=O)c1ccc(-c2ccc3oc(COC)nc3c2)cc1. The molecule has 0 saturated carbocycles. The van der Waals surface area contributed by atoms with E-state index in [1.54, 1.807) is 26.2 Å². The Labute approximate surface area is 152 Å². The van der Waals surface area contributed by atoms with E-state index in [1.165, 1.54) is 0 Å². The summed E-state index contributed by atoms with van der Waals surface area (Å²) >= 11 is 0. The highest BCUT2D eigenvalue weighted by Gasteiger charge is 2.12. The summed E-state index contributed by atoms with van der Waals surface area (Å²) in [7, 11) is 5.00. The zero-order valence-electron chi connectivity index (χ0n) is 15.2. The molecule has 0 unspecified atom stereocenters. The summed E-state index contributed by atoms with van der Waals surface area (Å²) in [6, 6.07) is 13.4. The van der Waals surface area contributed by atoms with Crippen molar-refractivity contribution >= 4 is 17.0 Å². The molecule has 0 aliphatic rings. The first-order chi connectivity index (χ1) is 12.6.